The van der Waals surface area contributed by atoms with Crippen LogP contribution in [-0.2, 0) is 13.0 Å². The number of halogens is 2. The molecule has 1 heterocycles. The fraction of sp³-hybridized carbons (Fsp3) is 0.435. The zero-order chi connectivity index (χ0) is 19.2. The van der Waals surface area contributed by atoms with Crippen LogP contribution < -0.4 is 10.6 Å². The molecule has 4 nitrogen and oxygen atoms in total. The van der Waals surface area contributed by atoms with Gasteiger partial charge in [0.15, 0.2) is 0 Å². The number of benzene rings is 2. The van der Waals surface area contributed by atoms with Crippen molar-refractivity contribution in [2.75, 3.05) is 19.6 Å². The van der Waals surface area contributed by atoms with Crippen molar-refractivity contribution in [1.82, 2.24) is 15.5 Å². The number of carbonyl (C=O) groups excluding carboxylic acids is 1. The molecule has 6 heteroatoms. The van der Waals surface area contributed by atoms with Crippen LogP contribution in [0, 0.1) is 0 Å². The number of carbonyl (C=O) groups is 1. The SMILES string of the molecule is CCN(Cc1ccc(C(=O)NCC2NCCc3ccccc32)cc1)C(C)C.Cl.Cl. The highest BCUT2D eigenvalue weighted by Crippen LogP contribution is 2.22. The molecule has 0 fully saturated rings. The second-order valence-electron chi connectivity index (χ2n) is 7.52. The first-order chi connectivity index (χ1) is 13.1. The van der Waals surface area contributed by atoms with Crippen molar-refractivity contribution in [1.29, 1.82) is 0 Å². The molecule has 0 aromatic heterocycles. The molecule has 0 spiro atoms. The quantitative estimate of drug-likeness (QED) is 0.675. The molecular formula is C23H33Cl2N3O. The lowest BCUT2D eigenvalue weighted by Crippen LogP contribution is -2.38. The van der Waals surface area contributed by atoms with E-state index in [0.29, 0.717) is 12.6 Å². The summed E-state index contributed by atoms with van der Waals surface area (Å²) in [5.41, 5.74) is 4.64. The molecule has 1 amide bonds. The van der Waals surface area contributed by atoms with Gasteiger partial charge in [-0.2, -0.15) is 0 Å². The van der Waals surface area contributed by atoms with Gasteiger partial charge in [-0.25, -0.2) is 0 Å². The molecule has 0 saturated carbocycles. The van der Waals surface area contributed by atoms with Gasteiger partial charge in [0.25, 0.3) is 5.91 Å². The molecule has 0 bridgehead atoms. The van der Waals surface area contributed by atoms with Gasteiger partial charge in [-0.05, 0) is 62.2 Å². The number of hydrogen-bond acceptors (Lipinski definition) is 3. The molecule has 2 N–H and O–H groups in total. The van der Waals surface area contributed by atoms with Gasteiger partial charge >= 0.3 is 0 Å². The van der Waals surface area contributed by atoms with E-state index in [2.05, 4.69) is 72.7 Å². The molecule has 1 atom stereocenters. The second-order valence-corrected chi connectivity index (χ2v) is 7.52. The standard InChI is InChI=1S/C23H31N3O.2ClH/c1-4-26(17(2)3)16-18-9-11-20(12-10-18)23(27)25-15-22-21-8-6-5-7-19(21)13-14-24-22;;/h5-12,17,22,24H,4,13-16H2,1-3H3,(H,25,27);2*1H. The van der Waals surface area contributed by atoms with Gasteiger partial charge in [0.2, 0.25) is 0 Å². The summed E-state index contributed by atoms with van der Waals surface area (Å²) in [6.45, 7) is 10.1. The Morgan fingerprint density at radius 3 is 2.48 bits per heavy atom. The maximum atomic E-state index is 12.5. The van der Waals surface area contributed by atoms with Crippen molar-refractivity contribution in [3.63, 3.8) is 0 Å². The van der Waals surface area contributed by atoms with Gasteiger partial charge in [0, 0.05) is 30.7 Å². The van der Waals surface area contributed by atoms with Gasteiger partial charge < -0.3 is 10.6 Å². The van der Waals surface area contributed by atoms with Crippen LogP contribution in [0.15, 0.2) is 48.5 Å². The Kier molecular flexibility index (Phi) is 10.7. The molecule has 1 aliphatic rings. The number of amides is 1. The molecule has 2 aromatic rings. The first kappa shape index (κ1) is 25.4. The summed E-state index contributed by atoms with van der Waals surface area (Å²) in [5.74, 6) is -0.0115. The predicted octanol–water partition coefficient (Wildman–Crippen LogP) is 4.38. The highest BCUT2D eigenvalue weighted by atomic mass is 35.5. The fourth-order valence-corrected chi connectivity index (χ4v) is 3.73. The summed E-state index contributed by atoms with van der Waals surface area (Å²) < 4.78 is 0. The monoisotopic (exact) mass is 437 g/mol. The smallest absolute Gasteiger partial charge is 0.251 e. The Balaban J connectivity index is 0.00000210. The lowest BCUT2D eigenvalue weighted by atomic mass is 9.94. The first-order valence-electron chi connectivity index (χ1n) is 10.0. The second kappa shape index (κ2) is 12.2. The summed E-state index contributed by atoms with van der Waals surface area (Å²) in [7, 11) is 0. The van der Waals surface area contributed by atoms with Crippen LogP contribution in [0.2, 0.25) is 0 Å². The molecule has 0 radical (unpaired) electrons. The predicted molar refractivity (Wildman–Crippen MR) is 125 cm³/mol. The lowest BCUT2D eigenvalue weighted by molar-refractivity contribution is 0.0949. The maximum Gasteiger partial charge on any atom is 0.251 e. The van der Waals surface area contributed by atoms with Crippen molar-refractivity contribution < 1.29 is 4.79 Å². The summed E-state index contributed by atoms with van der Waals surface area (Å²) in [4.78, 5) is 15.0. The summed E-state index contributed by atoms with van der Waals surface area (Å²) in [6.07, 6.45) is 1.05. The Morgan fingerprint density at radius 1 is 1.14 bits per heavy atom. The number of nitrogens with zero attached hydrogens (tertiary/aromatic N) is 1. The maximum absolute atomic E-state index is 12.5. The number of rotatable bonds is 7. The van der Waals surface area contributed by atoms with Crippen molar-refractivity contribution in [3.05, 3.63) is 70.8 Å². The molecule has 0 saturated heterocycles. The molecule has 29 heavy (non-hydrogen) atoms. The highest BCUT2D eigenvalue weighted by Gasteiger charge is 2.19. The van der Waals surface area contributed by atoms with E-state index in [1.807, 2.05) is 12.1 Å². The van der Waals surface area contributed by atoms with E-state index in [1.165, 1.54) is 16.7 Å². The first-order valence-corrected chi connectivity index (χ1v) is 10.0. The van der Waals surface area contributed by atoms with E-state index in [9.17, 15) is 4.79 Å². The van der Waals surface area contributed by atoms with Crippen molar-refractivity contribution in [3.8, 4) is 0 Å². The van der Waals surface area contributed by atoms with Crippen LogP contribution in [0.25, 0.3) is 0 Å². The van der Waals surface area contributed by atoms with E-state index in [1.54, 1.807) is 0 Å². The minimum atomic E-state index is -0.0115. The summed E-state index contributed by atoms with van der Waals surface area (Å²) in [6, 6.07) is 17.2. The lowest BCUT2D eigenvalue weighted by Gasteiger charge is -2.27. The average molecular weight is 438 g/mol. The van der Waals surface area contributed by atoms with E-state index in [0.717, 1.165) is 31.6 Å². The minimum Gasteiger partial charge on any atom is -0.350 e. The Labute approximate surface area is 187 Å². The van der Waals surface area contributed by atoms with Crippen molar-refractivity contribution in [2.45, 2.75) is 45.8 Å². The highest BCUT2D eigenvalue weighted by molar-refractivity contribution is 5.94. The average Bonchev–Trinajstić information content (AvgIpc) is 2.70. The van der Waals surface area contributed by atoms with E-state index in [4.69, 9.17) is 0 Å². The van der Waals surface area contributed by atoms with Gasteiger partial charge in [-0.3, -0.25) is 9.69 Å². The van der Waals surface area contributed by atoms with Crippen LogP contribution >= 0.6 is 24.8 Å². The summed E-state index contributed by atoms with van der Waals surface area (Å²) >= 11 is 0. The third kappa shape index (κ3) is 6.71. The largest absolute Gasteiger partial charge is 0.350 e. The topological polar surface area (TPSA) is 44.4 Å². The van der Waals surface area contributed by atoms with Crippen LogP contribution in [-0.4, -0.2) is 36.5 Å². The van der Waals surface area contributed by atoms with E-state index in [-0.39, 0.29) is 36.8 Å². The molecule has 3 rings (SSSR count). The Morgan fingerprint density at radius 2 is 1.83 bits per heavy atom. The molecule has 2 aromatic carbocycles. The van der Waals surface area contributed by atoms with Gasteiger partial charge in [-0.1, -0.05) is 43.3 Å². The number of nitrogens with one attached hydrogen (secondary N) is 2. The van der Waals surface area contributed by atoms with Crippen molar-refractivity contribution in [2.24, 2.45) is 0 Å². The van der Waals surface area contributed by atoms with Gasteiger partial charge in [0.05, 0.1) is 0 Å². The minimum absolute atomic E-state index is 0. The number of fused-ring (bicyclic) bond motifs is 1. The van der Waals surface area contributed by atoms with Crippen molar-refractivity contribution >= 4 is 30.7 Å². The normalized spacial score (nSPS) is 15.3. The molecule has 160 valence electrons. The van der Waals surface area contributed by atoms with Crippen LogP contribution in [0.1, 0.15) is 53.9 Å². The van der Waals surface area contributed by atoms with Crippen LogP contribution in [0.3, 0.4) is 0 Å². The molecule has 1 aliphatic heterocycles. The van der Waals surface area contributed by atoms with Crippen LogP contribution in [0.5, 0.6) is 0 Å². The third-order valence-electron chi connectivity index (χ3n) is 5.42. The molecule has 0 aliphatic carbocycles. The van der Waals surface area contributed by atoms with E-state index >= 15 is 0 Å². The summed E-state index contributed by atoms with van der Waals surface area (Å²) in [5, 5.41) is 6.60. The fourth-order valence-electron chi connectivity index (χ4n) is 3.73. The third-order valence-corrected chi connectivity index (χ3v) is 5.42. The molecule has 1 unspecified atom stereocenters. The zero-order valence-electron chi connectivity index (χ0n) is 17.5. The van der Waals surface area contributed by atoms with Gasteiger partial charge in [-0.15, -0.1) is 24.8 Å². The number of hydrogen-bond donors (Lipinski definition) is 2. The zero-order valence-corrected chi connectivity index (χ0v) is 19.1. The van der Waals surface area contributed by atoms with Crippen LogP contribution in [0.4, 0.5) is 0 Å². The Bertz CT molecular complexity index is 765. The molecular weight excluding hydrogens is 405 g/mol. The Hall–Kier alpha value is -1.59. The van der Waals surface area contributed by atoms with Gasteiger partial charge in [0.1, 0.15) is 0 Å². The van der Waals surface area contributed by atoms with E-state index < -0.39 is 0 Å².